The van der Waals surface area contributed by atoms with E-state index in [9.17, 15) is 13.2 Å². The number of hydrogen-bond acceptors (Lipinski definition) is 5. The molecule has 0 radical (unpaired) electrons. The summed E-state index contributed by atoms with van der Waals surface area (Å²) in [4.78, 5) is 13.0. The van der Waals surface area contributed by atoms with Crippen molar-refractivity contribution in [1.29, 1.82) is 0 Å². The van der Waals surface area contributed by atoms with E-state index in [1.807, 2.05) is 13.0 Å². The van der Waals surface area contributed by atoms with Crippen molar-refractivity contribution in [1.82, 2.24) is 10.0 Å². The first-order chi connectivity index (χ1) is 14.1. The number of sulfonamides is 1. The van der Waals surface area contributed by atoms with E-state index in [1.54, 1.807) is 45.2 Å². The molecule has 0 bridgehead atoms. The normalized spacial score (nSPS) is 13.6. The molecule has 30 heavy (non-hydrogen) atoms. The van der Waals surface area contributed by atoms with Crippen LogP contribution >= 0.6 is 15.9 Å². The molecule has 2 atom stereocenters. The van der Waals surface area contributed by atoms with E-state index in [4.69, 9.17) is 9.47 Å². The van der Waals surface area contributed by atoms with Crippen LogP contribution in [0.3, 0.4) is 0 Å². The minimum absolute atomic E-state index is 0.0945. The fraction of sp³-hybridized carbons (Fsp3) is 0.381. The average Bonchev–Trinajstić information content (AvgIpc) is 2.71. The van der Waals surface area contributed by atoms with Gasteiger partial charge in [-0.15, -0.1) is 0 Å². The summed E-state index contributed by atoms with van der Waals surface area (Å²) in [5, 5.41) is 2.88. The zero-order valence-electron chi connectivity index (χ0n) is 17.6. The molecule has 0 spiro atoms. The van der Waals surface area contributed by atoms with Crippen LogP contribution in [0.5, 0.6) is 11.5 Å². The van der Waals surface area contributed by atoms with Crippen LogP contribution in [-0.4, -0.2) is 34.6 Å². The van der Waals surface area contributed by atoms with Gasteiger partial charge in [0.1, 0.15) is 6.04 Å². The van der Waals surface area contributed by atoms with Crippen molar-refractivity contribution < 1.29 is 22.7 Å². The van der Waals surface area contributed by atoms with E-state index in [-0.39, 0.29) is 16.9 Å². The summed E-state index contributed by atoms with van der Waals surface area (Å²) in [5.74, 6) is 0.468. The number of nitrogens with one attached hydrogen (secondary N) is 2. The number of amides is 1. The Morgan fingerprint density at radius 1 is 0.967 bits per heavy atom. The van der Waals surface area contributed by atoms with Crippen LogP contribution in [0.1, 0.15) is 32.4 Å². The van der Waals surface area contributed by atoms with E-state index in [0.29, 0.717) is 11.5 Å². The van der Waals surface area contributed by atoms with Crippen LogP contribution in [0.2, 0.25) is 0 Å². The predicted molar refractivity (Wildman–Crippen MR) is 119 cm³/mol. The molecule has 1 amide bonds. The van der Waals surface area contributed by atoms with Gasteiger partial charge in [0.2, 0.25) is 15.9 Å². The summed E-state index contributed by atoms with van der Waals surface area (Å²) >= 11 is 3.28. The van der Waals surface area contributed by atoms with E-state index >= 15 is 0 Å². The monoisotopic (exact) mass is 498 g/mol. The Hall–Kier alpha value is -2.10. The molecule has 0 saturated carbocycles. The molecule has 2 aromatic rings. The van der Waals surface area contributed by atoms with Crippen LogP contribution in [0.25, 0.3) is 0 Å². The molecule has 9 heteroatoms. The van der Waals surface area contributed by atoms with Gasteiger partial charge in [0, 0.05) is 4.47 Å². The van der Waals surface area contributed by atoms with Crippen LogP contribution in [-0.2, 0) is 14.8 Å². The molecule has 0 aromatic heterocycles. The number of benzene rings is 2. The minimum Gasteiger partial charge on any atom is -0.493 e. The van der Waals surface area contributed by atoms with Gasteiger partial charge in [-0.1, -0.05) is 35.8 Å². The third kappa shape index (κ3) is 5.96. The maximum absolute atomic E-state index is 12.9. The van der Waals surface area contributed by atoms with E-state index < -0.39 is 22.0 Å². The lowest BCUT2D eigenvalue weighted by Gasteiger charge is -2.24. The van der Waals surface area contributed by atoms with Gasteiger partial charge in [0.25, 0.3) is 0 Å². The van der Waals surface area contributed by atoms with Crippen molar-refractivity contribution in [2.75, 3.05) is 14.2 Å². The lowest BCUT2D eigenvalue weighted by molar-refractivity contribution is -0.124. The van der Waals surface area contributed by atoms with Crippen molar-refractivity contribution in [3.8, 4) is 11.5 Å². The number of halogens is 1. The number of carbonyl (C=O) groups excluding carboxylic acids is 1. The molecule has 1 unspecified atom stereocenters. The summed E-state index contributed by atoms with van der Waals surface area (Å²) in [5.41, 5.74) is 0.805. The molecule has 0 saturated heterocycles. The first kappa shape index (κ1) is 24.2. The Bertz CT molecular complexity index is 977. The maximum Gasteiger partial charge on any atom is 0.241 e. The quantitative estimate of drug-likeness (QED) is 0.550. The summed E-state index contributed by atoms with van der Waals surface area (Å²) in [6.45, 7) is 5.39. The number of carbonyl (C=O) groups is 1. The molecule has 2 aromatic carbocycles. The van der Waals surface area contributed by atoms with Gasteiger partial charge >= 0.3 is 0 Å². The minimum atomic E-state index is -3.85. The SMILES string of the molecule is COc1ccc(C(C)NC(=O)[C@@H](NS(=O)(=O)c2ccc(Br)cc2)C(C)C)cc1OC. The lowest BCUT2D eigenvalue weighted by atomic mass is 10.0. The van der Waals surface area contributed by atoms with Crippen LogP contribution in [0, 0.1) is 5.92 Å². The van der Waals surface area contributed by atoms with Crippen molar-refractivity contribution >= 4 is 31.9 Å². The van der Waals surface area contributed by atoms with Crippen LogP contribution < -0.4 is 19.5 Å². The first-order valence-electron chi connectivity index (χ1n) is 9.39. The molecule has 2 rings (SSSR count). The second-order valence-electron chi connectivity index (χ2n) is 7.14. The molecular formula is C21H27BrN2O5S. The third-order valence-corrected chi connectivity index (χ3v) is 6.61. The topological polar surface area (TPSA) is 93.7 Å². The summed E-state index contributed by atoms with van der Waals surface area (Å²) in [7, 11) is -0.767. The Morgan fingerprint density at radius 3 is 2.10 bits per heavy atom. The standard InChI is InChI=1S/C21H27BrN2O5S/c1-13(2)20(24-30(26,27)17-9-7-16(22)8-10-17)21(25)23-14(3)15-6-11-18(28-4)19(12-15)29-5/h6-14,20,24H,1-5H3,(H,23,25)/t14?,20-/m0/s1. The summed E-state index contributed by atoms with van der Waals surface area (Å²) < 4.78 is 39.3. The fourth-order valence-electron chi connectivity index (χ4n) is 2.85. The molecule has 0 aliphatic carbocycles. The lowest BCUT2D eigenvalue weighted by Crippen LogP contribution is -2.50. The van der Waals surface area contributed by atoms with Gasteiger partial charge in [-0.2, -0.15) is 4.72 Å². The highest BCUT2D eigenvalue weighted by Crippen LogP contribution is 2.30. The third-order valence-electron chi connectivity index (χ3n) is 4.62. The van der Waals surface area contributed by atoms with Crippen molar-refractivity contribution in [2.24, 2.45) is 5.92 Å². The van der Waals surface area contributed by atoms with Crippen molar-refractivity contribution in [3.63, 3.8) is 0 Å². The largest absolute Gasteiger partial charge is 0.493 e. The second-order valence-corrected chi connectivity index (χ2v) is 9.77. The number of rotatable bonds is 9. The van der Waals surface area contributed by atoms with E-state index in [0.717, 1.165) is 10.0 Å². The van der Waals surface area contributed by atoms with E-state index in [1.165, 1.54) is 19.2 Å². The molecule has 2 N–H and O–H groups in total. The van der Waals surface area contributed by atoms with Gasteiger partial charge in [-0.25, -0.2) is 8.42 Å². The molecule has 0 aliphatic rings. The average molecular weight is 499 g/mol. The predicted octanol–water partition coefficient (Wildman–Crippen LogP) is 3.65. The number of ether oxygens (including phenoxy) is 2. The zero-order valence-corrected chi connectivity index (χ0v) is 20.0. The molecule has 164 valence electrons. The van der Waals surface area contributed by atoms with Gasteiger partial charge in [0.05, 0.1) is 25.2 Å². The summed E-state index contributed by atoms with van der Waals surface area (Å²) in [6, 6.07) is 10.3. The second kappa shape index (κ2) is 10.3. The smallest absolute Gasteiger partial charge is 0.241 e. The van der Waals surface area contributed by atoms with Gasteiger partial charge < -0.3 is 14.8 Å². The molecular weight excluding hydrogens is 472 g/mol. The molecule has 0 aliphatic heterocycles. The molecule has 0 heterocycles. The van der Waals surface area contributed by atoms with Gasteiger partial charge in [0.15, 0.2) is 11.5 Å². The Morgan fingerprint density at radius 2 is 1.57 bits per heavy atom. The fourth-order valence-corrected chi connectivity index (χ4v) is 4.46. The number of methoxy groups -OCH3 is 2. The highest BCUT2D eigenvalue weighted by atomic mass is 79.9. The zero-order chi connectivity index (χ0) is 22.5. The molecule has 7 nitrogen and oxygen atoms in total. The Balaban J connectivity index is 2.18. The van der Waals surface area contributed by atoms with Crippen molar-refractivity contribution in [2.45, 2.75) is 37.8 Å². The van der Waals surface area contributed by atoms with Gasteiger partial charge in [-0.3, -0.25) is 4.79 Å². The first-order valence-corrected chi connectivity index (χ1v) is 11.7. The molecule has 0 fully saturated rings. The highest BCUT2D eigenvalue weighted by molar-refractivity contribution is 9.10. The maximum atomic E-state index is 12.9. The Labute approximate surface area is 186 Å². The van der Waals surface area contributed by atoms with Crippen molar-refractivity contribution in [3.05, 3.63) is 52.5 Å². The summed E-state index contributed by atoms with van der Waals surface area (Å²) in [6.07, 6.45) is 0. The van der Waals surface area contributed by atoms with Crippen LogP contribution in [0.4, 0.5) is 0 Å². The number of hydrogen-bond donors (Lipinski definition) is 2. The Kier molecular flexibility index (Phi) is 8.28. The van der Waals surface area contributed by atoms with Gasteiger partial charge in [-0.05, 0) is 54.8 Å². The van der Waals surface area contributed by atoms with Crippen LogP contribution in [0.15, 0.2) is 51.8 Å². The van der Waals surface area contributed by atoms with E-state index in [2.05, 4.69) is 26.0 Å². The highest BCUT2D eigenvalue weighted by Gasteiger charge is 2.29.